The van der Waals surface area contributed by atoms with Gasteiger partial charge in [0.15, 0.2) is 0 Å². The van der Waals surface area contributed by atoms with E-state index in [0.29, 0.717) is 5.92 Å². The first-order valence-corrected chi connectivity index (χ1v) is 7.23. The summed E-state index contributed by atoms with van der Waals surface area (Å²) in [4.78, 5) is 2.64. The van der Waals surface area contributed by atoms with Crippen LogP contribution in [0.4, 0.5) is 0 Å². The Morgan fingerprint density at radius 3 is 2.82 bits per heavy atom. The van der Waals surface area contributed by atoms with Gasteiger partial charge in [-0.2, -0.15) is 0 Å². The van der Waals surface area contributed by atoms with E-state index in [0.717, 1.165) is 45.2 Å². The Morgan fingerprint density at radius 2 is 2.06 bits per heavy atom. The Bertz CT molecular complexity index is 238. The summed E-state index contributed by atoms with van der Waals surface area (Å²) >= 11 is 0. The molecule has 3 nitrogen and oxygen atoms in total. The third kappa shape index (κ3) is 2.51. The van der Waals surface area contributed by atoms with Gasteiger partial charge in [-0.3, -0.25) is 4.90 Å². The van der Waals surface area contributed by atoms with Crippen molar-refractivity contribution in [3.63, 3.8) is 0 Å². The third-order valence-electron chi connectivity index (χ3n) is 5.18. The summed E-state index contributed by atoms with van der Waals surface area (Å²) in [5.74, 6) is 1.51. The van der Waals surface area contributed by atoms with E-state index in [1.807, 2.05) is 0 Å². The summed E-state index contributed by atoms with van der Waals surface area (Å²) in [6.45, 7) is 9.62. The van der Waals surface area contributed by atoms with E-state index in [4.69, 9.17) is 10.5 Å². The zero-order valence-corrected chi connectivity index (χ0v) is 11.5. The third-order valence-corrected chi connectivity index (χ3v) is 5.18. The Kier molecular flexibility index (Phi) is 4.45. The van der Waals surface area contributed by atoms with Crippen molar-refractivity contribution in [3.8, 4) is 0 Å². The second-order valence-electron chi connectivity index (χ2n) is 5.92. The molecule has 3 heteroatoms. The Labute approximate surface area is 106 Å². The summed E-state index contributed by atoms with van der Waals surface area (Å²) in [5.41, 5.74) is 6.43. The minimum atomic E-state index is 0.241. The first-order valence-electron chi connectivity index (χ1n) is 7.23. The first kappa shape index (κ1) is 13.3. The average molecular weight is 240 g/mol. The summed E-state index contributed by atoms with van der Waals surface area (Å²) in [7, 11) is 0. The summed E-state index contributed by atoms with van der Waals surface area (Å²) < 4.78 is 5.58. The molecule has 2 aliphatic rings. The Morgan fingerprint density at radius 1 is 1.24 bits per heavy atom. The van der Waals surface area contributed by atoms with E-state index in [1.165, 1.54) is 19.3 Å². The molecule has 0 amide bonds. The minimum Gasteiger partial charge on any atom is -0.380 e. The van der Waals surface area contributed by atoms with Crippen LogP contribution >= 0.6 is 0 Å². The van der Waals surface area contributed by atoms with Crippen molar-refractivity contribution < 1.29 is 4.74 Å². The summed E-state index contributed by atoms with van der Waals surface area (Å²) in [6.07, 6.45) is 5.13. The highest BCUT2D eigenvalue weighted by atomic mass is 16.5. The van der Waals surface area contributed by atoms with Gasteiger partial charge in [0.1, 0.15) is 0 Å². The predicted molar refractivity (Wildman–Crippen MR) is 71.0 cm³/mol. The van der Waals surface area contributed by atoms with Gasteiger partial charge < -0.3 is 10.5 Å². The maximum Gasteiger partial charge on any atom is 0.0593 e. The zero-order chi connectivity index (χ0) is 12.3. The fourth-order valence-electron chi connectivity index (χ4n) is 3.79. The standard InChI is InChI=1S/C14H28N2O/c1-12-5-3-6-14(11-15,13(12)2)16-7-4-9-17-10-8-16/h12-13H,3-11,15H2,1-2H3. The molecular formula is C14H28N2O. The van der Waals surface area contributed by atoms with Crippen LogP contribution in [0, 0.1) is 11.8 Å². The fraction of sp³-hybridized carbons (Fsp3) is 1.00. The van der Waals surface area contributed by atoms with E-state index in [1.54, 1.807) is 0 Å². The summed E-state index contributed by atoms with van der Waals surface area (Å²) in [6, 6.07) is 0. The normalized spacial score (nSPS) is 41.1. The number of ether oxygens (including phenoxy) is 1. The molecule has 2 rings (SSSR count). The second-order valence-corrected chi connectivity index (χ2v) is 5.92. The molecule has 1 saturated heterocycles. The van der Waals surface area contributed by atoms with Crippen LogP contribution in [-0.4, -0.2) is 43.3 Å². The maximum absolute atomic E-state index is 6.19. The highest BCUT2D eigenvalue weighted by Crippen LogP contribution is 2.41. The first-order chi connectivity index (χ1) is 8.20. The molecule has 1 saturated carbocycles. The zero-order valence-electron chi connectivity index (χ0n) is 11.5. The van der Waals surface area contributed by atoms with Crippen LogP contribution in [0.15, 0.2) is 0 Å². The smallest absolute Gasteiger partial charge is 0.0593 e. The predicted octanol–water partition coefficient (Wildman–Crippen LogP) is 1.86. The lowest BCUT2D eigenvalue weighted by Crippen LogP contribution is -2.61. The Hall–Kier alpha value is -0.120. The van der Waals surface area contributed by atoms with Crippen molar-refractivity contribution >= 4 is 0 Å². The molecule has 2 fully saturated rings. The second kappa shape index (κ2) is 5.68. The molecule has 0 radical (unpaired) electrons. The molecule has 2 N–H and O–H groups in total. The molecule has 1 aliphatic carbocycles. The molecule has 0 bridgehead atoms. The monoisotopic (exact) mass is 240 g/mol. The number of hydrogen-bond donors (Lipinski definition) is 1. The van der Waals surface area contributed by atoms with Gasteiger partial charge in [0, 0.05) is 31.8 Å². The van der Waals surface area contributed by atoms with Crippen molar-refractivity contribution in [3.05, 3.63) is 0 Å². The van der Waals surface area contributed by atoms with Crippen LogP contribution in [0.1, 0.15) is 39.5 Å². The van der Waals surface area contributed by atoms with E-state index >= 15 is 0 Å². The molecule has 0 aromatic rings. The number of nitrogens with zero attached hydrogens (tertiary/aromatic N) is 1. The maximum atomic E-state index is 6.19. The van der Waals surface area contributed by atoms with Crippen LogP contribution in [0.5, 0.6) is 0 Å². The molecule has 0 aromatic carbocycles. The molecule has 3 unspecified atom stereocenters. The van der Waals surface area contributed by atoms with Gasteiger partial charge in [0.2, 0.25) is 0 Å². The quantitative estimate of drug-likeness (QED) is 0.801. The number of nitrogens with two attached hydrogens (primary N) is 1. The average Bonchev–Trinajstić information content (AvgIpc) is 2.62. The van der Waals surface area contributed by atoms with Crippen LogP contribution in [-0.2, 0) is 4.74 Å². The van der Waals surface area contributed by atoms with Crippen molar-refractivity contribution in [2.24, 2.45) is 17.6 Å². The van der Waals surface area contributed by atoms with Gasteiger partial charge in [-0.1, -0.05) is 26.7 Å². The number of hydrogen-bond acceptors (Lipinski definition) is 3. The lowest BCUT2D eigenvalue weighted by molar-refractivity contribution is -0.0117. The summed E-state index contributed by atoms with van der Waals surface area (Å²) in [5, 5.41) is 0. The molecule has 1 heterocycles. The van der Waals surface area contributed by atoms with Crippen molar-refractivity contribution in [1.82, 2.24) is 4.90 Å². The van der Waals surface area contributed by atoms with Gasteiger partial charge in [0.25, 0.3) is 0 Å². The molecule has 17 heavy (non-hydrogen) atoms. The molecule has 3 atom stereocenters. The fourth-order valence-corrected chi connectivity index (χ4v) is 3.79. The number of rotatable bonds is 2. The van der Waals surface area contributed by atoms with E-state index in [-0.39, 0.29) is 5.54 Å². The largest absolute Gasteiger partial charge is 0.380 e. The van der Waals surface area contributed by atoms with Crippen LogP contribution in [0.2, 0.25) is 0 Å². The highest BCUT2D eigenvalue weighted by molar-refractivity contribution is 5.00. The molecule has 100 valence electrons. The topological polar surface area (TPSA) is 38.5 Å². The van der Waals surface area contributed by atoms with Crippen molar-refractivity contribution in [1.29, 1.82) is 0 Å². The molecular weight excluding hydrogens is 212 g/mol. The van der Waals surface area contributed by atoms with Gasteiger partial charge in [-0.15, -0.1) is 0 Å². The lowest BCUT2D eigenvalue weighted by atomic mass is 9.67. The van der Waals surface area contributed by atoms with E-state index in [2.05, 4.69) is 18.7 Å². The molecule has 0 aromatic heterocycles. The molecule has 1 aliphatic heterocycles. The van der Waals surface area contributed by atoms with Gasteiger partial charge in [-0.05, 0) is 24.7 Å². The van der Waals surface area contributed by atoms with E-state index in [9.17, 15) is 0 Å². The van der Waals surface area contributed by atoms with Gasteiger partial charge in [0.05, 0.1) is 6.61 Å². The Balaban J connectivity index is 2.15. The van der Waals surface area contributed by atoms with Gasteiger partial charge in [-0.25, -0.2) is 0 Å². The van der Waals surface area contributed by atoms with Crippen LogP contribution < -0.4 is 5.73 Å². The van der Waals surface area contributed by atoms with Crippen molar-refractivity contribution in [2.75, 3.05) is 32.8 Å². The highest BCUT2D eigenvalue weighted by Gasteiger charge is 2.44. The SMILES string of the molecule is CC1CCCC(CN)(N2CCCOCC2)C1C. The van der Waals surface area contributed by atoms with Crippen molar-refractivity contribution in [2.45, 2.75) is 45.1 Å². The van der Waals surface area contributed by atoms with E-state index < -0.39 is 0 Å². The van der Waals surface area contributed by atoms with Gasteiger partial charge >= 0.3 is 0 Å². The minimum absolute atomic E-state index is 0.241. The van der Waals surface area contributed by atoms with Crippen LogP contribution in [0.3, 0.4) is 0 Å². The lowest BCUT2D eigenvalue weighted by Gasteiger charge is -2.52. The van der Waals surface area contributed by atoms with Crippen LogP contribution in [0.25, 0.3) is 0 Å². The molecule has 0 spiro atoms.